The first-order chi connectivity index (χ1) is 14.6. The molecule has 4 rings (SSSR count). The van der Waals surface area contributed by atoms with Gasteiger partial charge in [0, 0.05) is 39.5 Å². The molecule has 0 saturated carbocycles. The molecule has 1 aliphatic heterocycles. The Kier molecular flexibility index (Phi) is 6.41. The molecule has 1 heterocycles. The minimum absolute atomic E-state index is 0.250. The Bertz CT molecular complexity index is 1040. The Morgan fingerprint density at radius 1 is 0.933 bits per heavy atom. The summed E-state index contributed by atoms with van der Waals surface area (Å²) in [4.78, 5) is 0. The molecule has 156 valence electrons. The van der Waals surface area contributed by atoms with Gasteiger partial charge >= 0.3 is 0 Å². The molecule has 0 spiro atoms. The van der Waals surface area contributed by atoms with Crippen molar-refractivity contribution in [3.8, 4) is 23.0 Å². The van der Waals surface area contributed by atoms with Gasteiger partial charge in [-0.1, -0.05) is 41.4 Å². The number of fused-ring (bicyclic) bond motifs is 1. The molecule has 0 bridgehead atoms. The number of hydrogen-bond donors (Lipinski definition) is 1. The van der Waals surface area contributed by atoms with Crippen molar-refractivity contribution in [1.29, 1.82) is 0 Å². The van der Waals surface area contributed by atoms with Gasteiger partial charge in [0.2, 0.25) is 6.79 Å². The first kappa shape index (κ1) is 20.5. The van der Waals surface area contributed by atoms with E-state index in [0.717, 1.165) is 28.3 Å². The second kappa shape index (κ2) is 9.37. The van der Waals surface area contributed by atoms with E-state index in [9.17, 15) is 0 Å². The highest BCUT2D eigenvalue weighted by atomic mass is 35.5. The highest BCUT2D eigenvalue weighted by Crippen LogP contribution is 2.36. The van der Waals surface area contributed by atoms with Crippen LogP contribution in [0.4, 0.5) is 5.69 Å². The van der Waals surface area contributed by atoms with Crippen molar-refractivity contribution >= 4 is 28.9 Å². The average Bonchev–Trinajstić information content (AvgIpc) is 3.21. The molecule has 1 aliphatic rings. The van der Waals surface area contributed by atoms with Gasteiger partial charge < -0.3 is 24.3 Å². The van der Waals surface area contributed by atoms with Crippen molar-refractivity contribution in [2.75, 3.05) is 18.7 Å². The lowest BCUT2D eigenvalue weighted by Gasteiger charge is -2.17. The highest BCUT2D eigenvalue weighted by Gasteiger charge is 2.15. The standard InChI is InChI=1S/C23H21Cl2NO4/c1-2-27-21-5-3-4-15(12-26-18-8-9-20-22(11-18)30-14-29-20)23(21)28-13-16-6-7-17(24)10-19(16)25/h3-11,26H,2,12-14H2,1H3. The monoisotopic (exact) mass is 445 g/mol. The van der Waals surface area contributed by atoms with E-state index in [1.54, 1.807) is 12.1 Å². The topological polar surface area (TPSA) is 49.0 Å². The fourth-order valence-corrected chi connectivity index (χ4v) is 3.59. The van der Waals surface area contributed by atoms with Crippen molar-refractivity contribution in [2.24, 2.45) is 0 Å². The zero-order valence-electron chi connectivity index (χ0n) is 16.4. The van der Waals surface area contributed by atoms with Gasteiger partial charge in [0.15, 0.2) is 23.0 Å². The SMILES string of the molecule is CCOc1cccc(CNc2ccc3c(c2)OCO3)c1OCc1ccc(Cl)cc1Cl. The average molecular weight is 446 g/mol. The lowest BCUT2D eigenvalue weighted by Crippen LogP contribution is -2.06. The number of anilines is 1. The van der Waals surface area contributed by atoms with Gasteiger partial charge in [-0.25, -0.2) is 0 Å². The zero-order valence-corrected chi connectivity index (χ0v) is 17.9. The first-order valence-electron chi connectivity index (χ1n) is 9.59. The van der Waals surface area contributed by atoms with E-state index in [-0.39, 0.29) is 6.79 Å². The quantitative estimate of drug-likeness (QED) is 0.439. The number of hydrogen-bond acceptors (Lipinski definition) is 5. The molecule has 0 amide bonds. The molecular formula is C23H21Cl2NO4. The predicted molar refractivity (Wildman–Crippen MR) is 118 cm³/mol. The van der Waals surface area contributed by atoms with E-state index >= 15 is 0 Å². The zero-order chi connectivity index (χ0) is 20.9. The maximum atomic E-state index is 6.29. The lowest BCUT2D eigenvalue weighted by molar-refractivity contribution is 0.174. The minimum Gasteiger partial charge on any atom is -0.490 e. The Labute approximate surface area is 185 Å². The van der Waals surface area contributed by atoms with Crippen LogP contribution >= 0.6 is 23.2 Å². The third kappa shape index (κ3) is 4.69. The van der Waals surface area contributed by atoms with Gasteiger partial charge in [0.25, 0.3) is 0 Å². The Hall–Kier alpha value is -2.76. The van der Waals surface area contributed by atoms with Crippen LogP contribution in [0.2, 0.25) is 10.0 Å². The van der Waals surface area contributed by atoms with E-state index in [1.807, 2.05) is 49.4 Å². The van der Waals surface area contributed by atoms with E-state index in [2.05, 4.69) is 5.32 Å². The van der Waals surface area contributed by atoms with Crippen LogP contribution in [0.15, 0.2) is 54.6 Å². The van der Waals surface area contributed by atoms with Crippen LogP contribution in [0, 0.1) is 0 Å². The van der Waals surface area contributed by atoms with Crippen LogP contribution in [0.1, 0.15) is 18.1 Å². The molecular weight excluding hydrogens is 425 g/mol. The van der Waals surface area contributed by atoms with Crippen molar-refractivity contribution in [1.82, 2.24) is 0 Å². The van der Waals surface area contributed by atoms with Crippen LogP contribution in [0.25, 0.3) is 0 Å². The van der Waals surface area contributed by atoms with E-state index in [4.69, 9.17) is 42.1 Å². The molecule has 30 heavy (non-hydrogen) atoms. The summed E-state index contributed by atoms with van der Waals surface area (Å²) in [7, 11) is 0. The van der Waals surface area contributed by atoms with Crippen LogP contribution in [0.5, 0.6) is 23.0 Å². The Morgan fingerprint density at radius 2 is 1.80 bits per heavy atom. The maximum Gasteiger partial charge on any atom is 0.231 e. The van der Waals surface area contributed by atoms with Gasteiger partial charge in [-0.05, 0) is 37.3 Å². The van der Waals surface area contributed by atoms with E-state index < -0.39 is 0 Å². The van der Waals surface area contributed by atoms with Gasteiger partial charge in [-0.2, -0.15) is 0 Å². The molecule has 0 aromatic heterocycles. The third-order valence-corrected chi connectivity index (χ3v) is 5.19. The summed E-state index contributed by atoms with van der Waals surface area (Å²) < 4.78 is 22.7. The number of rotatable bonds is 8. The highest BCUT2D eigenvalue weighted by molar-refractivity contribution is 6.35. The molecule has 0 saturated heterocycles. The molecule has 0 aliphatic carbocycles. The fourth-order valence-electron chi connectivity index (χ4n) is 3.13. The van der Waals surface area contributed by atoms with E-state index in [0.29, 0.717) is 41.3 Å². The summed E-state index contributed by atoms with van der Waals surface area (Å²) in [6, 6.07) is 17.0. The molecule has 3 aromatic rings. The molecule has 5 nitrogen and oxygen atoms in total. The normalized spacial score (nSPS) is 12.0. The van der Waals surface area contributed by atoms with Gasteiger partial charge in [0.1, 0.15) is 6.61 Å². The van der Waals surface area contributed by atoms with Gasteiger partial charge in [0.05, 0.1) is 6.61 Å². The second-order valence-corrected chi connectivity index (χ2v) is 7.47. The summed E-state index contributed by atoms with van der Waals surface area (Å²) >= 11 is 12.3. The summed E-state index contributed by atoms with van der Waals surface area (Å²) in [5, 5.41) is 4.56. The van der Waals surface area contributed by atoms with Crippen molar-refractivity contribution in [3.05, 3.63) is 75.8 Å². The van der Waals surface area contributed by atoms with Crippen LogP contribution in [0.3, 0.4) is 0 Å². The largest absolute Gasteiger partial charge is 0.490 e. The number of ether oxygens (including phenoxy) is 4. The summed E-state index contributed by atoms with van der Waals surface area (Å²) in [5.74, 6) is 2.85. The van der Waals surface area contributed by atoms with E-state index in [1.165, 1.54) is 0 Å². The number of para-hydroxylation sites is 1. The minimum atomic E-state index is 0.250. The predicted octanol–water partition coefficient (Wildman–Crippen LogP) is 6.31. The van der Waals surface area contributed by atoms with Crippen LogP contribution in [-0.2, 0) is 13.2 Å². The van der Waals surface area contributed by atoms with Crippen molar-refractivity contribution < 1.29 is 18.9 Å². The van der Waals surface area contributed by atoms with Crippen LogP contribution < -0.4 is 24.3 Å². The molecule has 1 N–H and O–H groups in total. The molecule has 7 heteroatoms. The molecule has 3 aromatic carbocycles. The summed E-state index contributed by atoms with van der Waals surface area (Å²) in [5.41, 5.74) is 2.73. The van der Waals surface area contributed by atoms with Crippen molar-refractivity contribution in [2.45, 2.75) is 20.1 Å². The van der Waals surface area contributed by atoms with Crippen LogP contribution in [-0.4, -0.2) is 13.4 Å². The summed E-state index contributed by atoms with van der Waals surface area (Å²) in [6.45, 7) is 3.58. The molecule has 0 fully saturated rings. The Morgan fingerprint density at radius 3 is 2.63 bits per heavy atom. The number of benzene rings is 3. The first-order valence-corrected chi connectivity index (χ1v) is 10.3. The van der Waals surface area contributed by atoms with Crippen molar-refractivity contribution in [3.63, 3.8) is 0 Å². The number of nitrogens with one attached hydrogen (secondary N) is 1. The second-order valence-electron chi connectivity index (χ2n) is 6.62. The molecule has 0 unspecified atom stereocenters. The molecule has 0 atom stereocenters. The maximum absolute atomic E-state index is 6.29. The smallest absolute Gasteiger partial charge is 0.231 e. The summed E-state index contributed by atoms with van der Waals surface area (Å²) in [6.07, 6.45) is 0. The lowest BCUT2D eigenvalue weighted by atomic mass is 10.1. The van der Waals surface area contributed by atoms with Gasteiger partial charge in [-0.3, -0.25) is 0 Å². The molecule has 0 radical (unpaired) electrons. The number of halogens is 2. The fraction of sp³-hybridized carbons (Fsp3) is 0.217. The van der Waals surface area contributed by atoms with Gasteiger partial charge in [-0.15, -0.1) is 0 Å². The third-order valence-electron chi connectivity index (χ3n) is 4.60. The Balaban J connectivity index is 1.52.